The Kier molecular flexibility index (Phi) is 3.08. The van der Waals surface area contributed by atoms with E-state index in [9.17, 15) is 9.90 Å². The maximum absolute atomic E-state index is 12.5. The van der Waals surface area contributed by atoms with Crippen molar-refractivity contribution >= 4 is 5.91 Å². The first-order valence-electron chi connectivity index (χ1n) is 6.80. The quantitative estimate of drug-likeness (QED) is 0.818. The maximum Gasteiger partial charge on any atom is 0.230 e. The number of fused-ring (bicyclic) bond motifs is 1. The highest BCUT2D eigenvalue weighted by Gasteiger charge is 2.33. The van der Waals surface area contributed by atoms with Crippen molar-refractivity contribution in [2.24, 2.45) is 0 Å². The standard InChI is InChI=1S/C15H19NO2/c17-12-8-9-16(10-12)15(18)14-7-3-5-11-4-1-2-6-13(11)14/h1-2,4,6,12,14,17H,3,5,7-10H2. The lowest BCUT2D eigenvalue weighted by atomic mass is 9.82. The van der Waals surface area contributed by atoms with Crippen molar-refractivity contribution in [3.8, 4) is 0 Å². The second-order valence-electron chi connectivity index (χ2n) is 5.37. The molecule has 0 saturated carbocycles. The minimum Gasteiger partial charge on any atom is -0.391 e. The van der Waals surface area contributed by atoms with Gasteiger partial charge < -0.3 is 10.0 Å². The molecular formula is C15H19NO2. The van der Waals surface area contributed by atoms with E-state index >= 15 is 0 Å². The van der Waals surface area contributed by atoms with Gasteiger partial charge in [0, 0.05) is 13.1 Å². The Hall–Kier alpha value is -1.35. The van der Waals surface area contributed by atoms with E-state index in [1.165, 1.54) is 11.1 Å². The molecule has 3 rings (SSSR count). The number of hydrogen-bond acceptors (Lipinski definition) is 2. The molecule has 0 radical (unpaired) electrons. The molecule has 2 unspecified atom stereocenters. The number of amides is 1. The molecule has 1 saturated heterocycles. The van der Waals surface area contributed by atoms with Gasteiger partial charge in [0.05, 0.1) is 12.0 Å². The highest BCUT2D eigenvalue weighted by atomic mass is 16.3. The number of benzene rings is 1. The van der Waals surface area contributed by atoms with Crippen LogP contribution in [-0.2, 0) is 11.2 Å². The first kappa shape index (κ1) is 11.7. The average Bonchev–Trinajstić information content (AvgIpc) is 2.84. The summed E-state index contributed by atoms with van der Waals surface area (Å²) < 4.78 is 0. The van der Waals surface area contributed by atoms with Crippen LogP contribution < -0.4 is 0 Å². The molecular weight excluding hydrogens is 226 g/mol. The molecule has 1 aliphatic heterocycles. The molecule has 0 aromatic heterocycles. The Bertz CT molecular complexity index is 458. The lowest BCUT2D eigenvalue weighted by Gasteiger charge is -2.28. The predicted molar refractivity (Wildman–Crippen MR) is 69.3 cm³/mol. The maximum atomic E-state index is 12.5. The van der Waals surface area contributed by atoms with E-state index in [-0.39, 0.29) is 17.9 Å². The average molecular weight is 245 g/mol. The summed E-state index contributed by atoms with van der Waals surface area (Å²) in [4.78, 5) is 14.4. The summed E-state index contributed by atoms with van der Waals surface area (Å²) in [5.74, 6) is 0.221. The van der Waals surface area contributed by atoms with Gasteiger partial charge in [0.2, 0.25) is 5.91 Å². The lowest BCUT2D eigenvalue weighted by Crippen LogP contribution is -2.35. The second-order valence-corrected chi connectivity index (χ2v) is 5.37. The number of hydrogen-bond donors (Lipinski definition) is 1. The molecule has 1 aromatic carbocycles. The topological polar surface area (TPSA) is 40.5 Å². The normalized spacial score (nSPS) is 27.1. The smallest absolute Gasteiger partial charge is 0.230 e. The van der Waals surface area contributed by atoms with Crippen LogP contribution in [0.15, 0.2) is 24.3 Å². The largest absolute Gasteiger partial charge is 0.391 e. The fraction of sp³-hybridized carbons (Fsp3) is 0.533. The van der Waals surface area contributed by atoms with Gasteiger partial charge in [0.1, 0.15) is 0 Å². The third kappa shape index (κ3) is 2.03. The van der Waals surface area contributed by atoms with Crippen LogP contribution in [0, 0.1) is 0 Å². The molecule has 1 aromatic rings. The van der Waals surface area contributed by atoms with Crippen molar-refractivity contribution < 1.29 is 9.90 Å². The molecule has 2 aliphatic rings. The number of carbonyl (C=O) groups is 1. The van der Waals surface area contributed by atoms with Gasteiger partial charge in [0.25, 0.3) is 0 Å². The number of aliphatic hydroxyl groups excluding tert-OH is 1. The first-order chi connectivity index (χ1) is 8.75. The summed E-state index contributed by atoms with van der Waals surface area (Å²) in [5, 5.41) is 9.55. The fourth-order valence-electron chi connectivity index (χ4n) is 3.17. The van der Waals surface area contributed by atoms with Crippen LogP contribution in [0.25, 0.3) is 0 Å². The molecule has 96 valence electrons. The number of β-amino-alcohol motifs (C(OH)–C–C–N with tert-alkyl or cyclic N) is 1. The number of aryl methyl sites for hydroxylation is 1. The third-order valence-corrected chi connectivity index (χ3v) is 4.14. The van der Waals surface area contributed by atoms with Gasteiger partial charge in [-0.05, 0) is 36.8 Å². The van der Waals surface area contributed by atoms with Gasteiger partial charge in [-0.25, -0.2) is 0 Å². The molecule has 1 heterocycles. The van der Waals surface area contributed by atoms with Crippen molar-refractivity contribution in [2.75, 3.05) is 13.1 Å². The molecule has 0 spiro atoms. The van der Waals surface area contributed by atoms with Crippen LogP contribution in [0.2, 0.25) is 0 Å². The monoisotopic (exact) mass is 245 g/mol. The molecule has 1 aliphatic carbocycles. The van der Waals surface area contributed by atoms with Gasteiger partial charge in [-0.2, -0.15) is 0 Å². The van der Waals surface area contributed by atoms with Crippen LogP contribution in [0.1, 0.15) is 36.3 Å². The summed E-state index contributed by atoms with van der Waals surface area (Å²) in [6, 6.07) is 8.28. The number of carbonyl (C=O) groups excluding carboxylic acids is 1. The second kappa shape index (κ2) is 4.73. The van der Waals surface area contributed by atoms with Crippen molar-refractivity contribution in [2.45, 2.75) is 37.7 Å². The van der Waals surface area contributed by atoms with E-state index < -0.39 is 0 Å². The number of likely N-dealkylation sites (tertiary alicyclic amines) is 1. The summed E-state index contributed by atoms with van der Waals surface area (Å²) in [5.41, 5.74) is 2.52. The van der Waals surface area contributed by atoms with E-state index in [2.05, 4.69) is 12.1 Å². The van der Waals surface area contributed by atoms with Crippen molar-refractivity contribution in [3.63, 3.8) is 0 Å². The Balaban J connectivity index is 1.83. The Morgan fingerprint density at radius 1 is 1.28 bits per heavy atom. The number of aliphatic hydroxyl groups is 1. The summed E-state index contributed by atoms with van der Waals surface area (Å²) in [7, 11) is 0. The van der Waals surface area contributed by atoms with Gasteiger partial charge in [-0.1, -0.05) is 24.3 Å². The van der Waals surface area contributed by atoms with Crippen molar-refractivity contribution in [3.05, 3.63) is 35.4 Å². The number of nitrogens with zero attached hydrogens (tertiary/aromatic N) is 1. The molecule has 18 heavy (non-hydrogen) atoms. The Labute approximate surface area is 107 Å². The van der Waals surface area contributed by atoms with Gasteiger partial charge in [-0.3, -0.25) is 4.79 Å². The van der Waals surface area contributed by atoms with E-state index in [1.54, 1.807) is 0 Å². The van der Waals surface area contributed by atoms with Gasteiger partial charge in [0.15, 0.2) is 0 Å². The molecule has 1 amide bonds. The minimum absolute atomic E-state index is 0.0141. The lowest BCUT2D eigenvalue weighted by molar-refractivity contribution is -0.132. The fourth-order valence-corrected chi connectivity index (χ4v) is 3.17. The Morgan fingerprint density at radius 3 is 2.89 bits per heavy atom. The zero-order valence-corrected chi connectivity index (χ0v) is 10.5. The molecule has 1 N–H and O–H groups in total. The molecule has 3 nitrogen and oxygen atoms in total. The summed E-state index contributed by atoms with van der Waals surface area (Å²) in [6.45, 7) is 1.22. The minimum atomic E-state index is -0.326. The van der Waals surface area contributed by atoms with Gasteiger partial charge >= 0.3 is 0 Å². The first-order valence-corrected chi connectivity index (χ1v) is 6.80. The van der Waals surface area contributed by atoms with Crippen LogP contribution in [0.3, 0.4) is 0 Å². The zero-order valence-electron chi connectivity index (χ0n) is 10.5. The highest BCUT2D eigenvalue weighted by Crippen LogP contribution is 2.33. The molecule has 0 bridgehead atoms. The Morgan fingerprint density at radius 2 is 2.11 bits per heavy atom. The van der Waals surface area contributed by atoms with E-state index in [0.29, 0.717) is 13.1 Å². The van der Waals surface area contributed by atoms with E-state index in [1.807, 2.05) is 17.0 Å². The number of rotatable bonds is 1. The predicted octanol–water partition coefficient (Wildman–Crippen LogP) is 1.70. The molecule has 2 atom stereocenters. The van der Waals surface area contributed by atoms with Crippen LogP contribution in [0.5, 0.6) is 0 Å². The SMILES string of the molecule is O=C(C1CCCc2ccccc21)N1CCC(O)C1. The van der Waals surface area contributed by atoms with Crippen LogP contribution >= 0.6 is 0 Å². The summed E-state index contributed by atoms with van der Waals surface area (Å²) >= 11 is 0. The van der Waals surface area contributed by atoms with E-state index in [0.717, 1.165) is 25.7 Å². The van der Waals surface area contributed by atoms with E-state index in [4.69, 9.17) is 0 Å². The zero-order chi connectivity index (χ0) is 12.5. The van der Waals surface area contributed by atoms with Crippen molar-refractivity contribution in [1.82, 2.24) is 4.90 Å². The third-order valence-electron chi connectivity index (χ3n) is 4.14. The van der Waals surface area contributed by atoms with Gasteiger partial charge in [-0.15, -0.1) is 0 Å². The van der Waals surface area contributed by atoms with Crippen LogP contribution in [0.4, 0.5) is 0 Å². The van der Waals surface area contributed by atoms with Crippen LogP contribution in [-0.4, -0.2) is 35.1 Å². The highest BCUT2D eigenvalue weighted by molar-refractivity contribution is 5.84. The molecule has 1 fully saturated rings. The van der Waals surface area contributed by atoms with Crippen molar-refractivity contribution in [1.29, 1.82) is 0 Å². The summed E-state index contributed by atoms with van der Waals surface area (Å²) in [6.07, 6.45) is 3.52. The molecule has 3 heteroatoms.